The second-order valence-corrected chi connectivity index (χ2v) is 3.41. The molecule has 2 nitrogen and oxygen atoms in total. The lowest BCUT2D eigenvalue weighted by Gasteiger charge is -2.11. The lowest BCUT2D eigenvalue weighted by atomic mass is 10.2. The fraction of sp³-hybridized carbons (Fsp3) is 0.222. The van der Waals surface area contributed by atoms with Crippen LogP contribution in [0.25, 0.3) is 0 Å². The predicted octanol–water partition coefficient (Wildman–Crippen LogP) is 1.85. The van der Waals surface area contributed by atoms with Crippen molar-refractivity contribution in [1.82, 2.24) is 0 Å². The summed E-state index contributed by atoms with van der Waals surface area (Å²) in [6.45, 7) is 0. The molecule has 0 aromatic heterocycles. The highest BCUT2D eigenvalue weighted by Gasteiger charge is 2.25. The molecule has 0 N–H and O–H groups in total. The second-order valence-electron chi connectivity index (χ2n) is 2.68. The third kappa shape index (κ3) is 1.01. The van der Waals surface area contributed by atoms with Crippen LogP contribution in [0.5, 0.6) is 0 Å². The Hall–Kier alpha value is -0.960. The fourth-order valence-corrected chi connectivity index (χ4v) is 2.07. The molecule has 3 heteroatoms. The standard InChI is InChI=1S/C9H9NOS/c1-12-10-8-5-3-2-4-7(8)6-9(10)11/h2-5H,6H2,1H3. The summed E-state index contributed by atoms with van der Waals surface area (Å²) in [5.41, 5.74) is 2.19. The first-order chi connectivity index (χ1) is 5.83. The minimum atomic E-state index is 0.184. The van der Waals surface area contributed by atoms with E-state index in [9.17, 15) is 4.79 Å². The molecule has 1 aromatic rings. The average Bonchev–Trinajstić information content (AvgIpc) is 2.40. The van der Waals surface area contributed by atoms with Gasteiger partial charge in [-0.2, -0.15) is 0 Å². The molecule has 0 saturated heterocycles. The van der Waals surface area contributed by atoms with E-state index in [0.29, 0.717) is 6.42 Å². The van der Waals surface area contributed by atoms with Crippen molar-refractivity contribution in [2.75, 3.05) is 10.6 Å². The van der Waals surface area contributed by atoms with Gasteiger partial charge in [0.2, 0.25) is 5.91 Å². The van der Waals surface area contributed by atoms with Crippen molar-refractivity contribution >= 4 is 23.5 Å². The SMILES string of the molecule is CSN1C(=O)Cc2ccccc21. The molecular weight excluding hydrogens is 170 g/mol. The van der Waals surface area contributed by atoms with Crippen molar-refractivity contribution in [3.05, 3.63) is 29.8 Å². The van der Waals surface area contributed by atoms with Crippen molar-refractivity contribution in [3.8, 4) is 0 Å². The summed E-state index contributed by atoms with van der Waals surface area (Å²) in [7, 11) is 0. The highest BCUT2D eigenvalue weighted by Crippen LogP contribution is 2.32. The van der Waals surface area contributed by atoms with Gasteiger partial charge in [-0.15, -0.1) is 0 Å². The molecule has 12 heavy (non-hydrogen) atoms. The van der Waals surface area contributed by atoms with E-state index in [0.717, 1.165) is 11.3 Å². The summed E-state index contributed by atoms with van der Waals surface area (Å²) in [4.78, 5) is 11.4. The van der Waals surface area contributed by atoms with Crippen LogP contribution in [0.1, 0.15) is 5.56 Å². The van der Waals surface area contributed by atoms with E-state index in [1.807, 2.05) is 30.5 Å². The zero-order chi connectivity index (χ0) is 8.55. The lowest BCUT2D eigenvalue weighted by Crippen LogP contribution is -2.17. The fourth-order valence-electron chi connectivity index (χ4n) is 1.43. The Morgan fingerprint density at radius 3 is 2.92 bits per heavy atom. The molecule has 0 radical (unpaired) electrons. The summed E-state index contributed by atoms with van der Waals surface area (Å²) in [5.74, 6) is 0.184. The zero-order valence-corrected chi connectivity index (χ0v) is 7.60. The van der Waals surface area contributed by atoms with Gasteiger partial charge in [-0.3, -0.25) is 9.10 Å². The zero-order valence-electron chi connectivity index (χ0n) is 6.78. The van der Waals surface area contributed by atoms with E-state index >= 15 is 0 Å². The summed E-state index contributed by atoms with van der Waals surface area (Å²) >= 11 is 1.47. The van der Waals surface area contributed by atoms with E-state index in [-0.39, 0.29) is 5.91 Å². The van der Waals surface area contributed by atoms with Gasteiger partial charge in [-0.25, -0.2) is 0 Å². The van der Waals surface area contributed by atoms with Crippen LogP contribution in [0.4, 0.5) is 5.69 Å². The van der Waals surface area contributed by atoms with Crippen LogP contribution in [0, 0.1) is 0 Å². The molecule has 0 unspecified atom stereocenters. The van der Waals surface area contributed by atoms with E-state index in [4.69, 9.17) is 0 Å². The Morgan fingerprint density at radius 1 is 1.42 bits per heavy atom. The van der Waals surface area contributed by atoms with E-state index in [2.05, 4.69) is 0 Å². The van der Waals surface area contributed by atoms with Crippen LogP contribution >= 0.6 is 11.9 Å². The number of para-hydroxylation sites is 1. The van der Waals surface area contributed by atoms with Crippen molar-refractivity contribution in [2.24, 2.45) is 0 Å². The average molecular weight is 179 g/mol. The number of fused-ring (bicyclic) bond motifs is 1. The van der Waals surface area contributed by atoms with Gasteiger partial charge >= 0.3 is 0 Å². The topological polar surface area (TPSA) is 20.3 Å². The van der Waals surface area contributed by atoms with Gasteiger partial charge in [0.1, 0.15) is 0 Å². The number of rotatable bonds is 1. The highest BCUT2D eigenvalue weighted by molar-refractivity contribution is 8.00. The third-order valence-corrected chi connectivity index (χ3v) is 2.73. The number of carbonyl (C=O) groups is 1. The molecular formula is C9H9NOS. The number of carbonyl (C=O) groups excluding carboxylic acids is 1. The number of anilines is 1. The molecule has 1 aliphatic heterocycles. The van der Waals surface area contributed by atoms with Crippen LogP contribution in [0.2, 0.25) is 0 Å². The maximum absolute atomic E-state index is 11.4. The van der Waals surface area contributed by atoms with Crippen LogP contribution in [-0.4, -0.2) is 12.2 Å². The first-order valence-electron chi connectivity index (χ1n) is 3.78. The Morgan fingerprint density at radius 2 is 2.17 bits per heavy atom. The summed E-state index contributed by atoms with van der Waals surface area (Å²) in [6.07, 6.45) is 2.47. The highest BCUT2D eigenvalue weighted by atomic mass is 32.2. The molecule has 0 saturated carbocycles. The maximum atomic E-state index is 11.4. The minimum absolute atomic E-state index is 0.184. The molecule has 0 aliphatic carbocycles. The Bertz CT molecular complexity index is 324. The number of nitrogens with zero attached hydrogens (tertiary/aromatic N) is 1. The van der Waals surface area contributed by atoms with Crippen molar-refractivity contribution < 1.29 is 4.79 Å². The number of benzene rings is 1. The first-order valence-corrected chi connectivity index (χ1v) is 4.96. The summed E-state index contributed by atoms with van der Waals surface area (Å²) in [6, 6.07) is 7.91. The van der Waals surface area contributed by atoms with Crippen LogP contribution in [-0.2, 0) is 11.2 Å². The second kappa shape index (κ2) is 2.83. The van der Waals surface area contributed by atoms with Crippen LogP contribution in [0.3, 0.4) is 0 Å². The van der Waals surface area contributed by atoms with Gasteiger partial charge in [-0.05, 0) is 23.6 Å². The molecule has 2 rings (SSSR count). The molecule has 1 aromatic carbocycles. The van der Waals surface area contributed by atoms with Gasteiger partial charge < -0.3 is 0 Å². The summed E-state index contributed by atoms with van der Waals surface area (Å²) in [5, 5.41) is 0. The molecule has 1 heterocycles. The number of amides is 1. The summed E-state index contributed by atoms with van der Waals surface area (Å²) < 4.78 is 1.75. The molecule has 0 atom stereocenters. The van der Waals surface area contributed by atoms with Crippen molar-refractivity contribution in [2.45, 2.75) is 6.42 Å². The monoisotopic (exact) mass is 179 g/mol. The molecule has 0 bridgehead atoms. The van der Waals surface area contributed by atoms with Gasteiger partial charge in [0.05, 0.1) is 12.1 Å². The maximum Gasteiger partial charge on any atom is 0.241 e. The smallest absolute Gasteiger partial charge is 0.241 e. The van der Waals surface area contributed by atoms with E-state index < -0.39 is 0 Å². The molecule has 0 spiro atoms. The Kier molecular flexibility index (Phi) is 1.81. The largest absolute Gasteiger partial charge is 0.273 e. The first kappa shape index (κ1) is 7.68. The molecule has 1 amide bonds. The molecule has 1 aliphatic rings. The van der Waals surface area contributed by atoms with E-state index in [1.54, 1.807) is 4.31 Å². The Labute approximate surface area is 75.7 Å². The van der Waals surface area contributed by atoms with Gasteiger partial charge in [-0.1, -0.05) is 18.2 Å². The molecule has 0 fully saturated rings. The number of hydrogen-bond acceptors (Lipinski definition) is 2. The molecule has 62 valence electrons. The third-order valence-electron chi connectivity index (χ3n) is 1.96. The van der Waals surface area contributed by atoms with Crippen LogP contribution in [0.15, 0.2) is 24.3 Å². The lowest BCUT2D eigenvalue weighted by molar-refractivity contribution is -0.116. The predicted molar refractivity (Wildman–Crippen MR) is 51.1 cm³/mol. The van der Waals surface area contributed by atoms with Gasteiger partial charge in [0, 0.05) is 6.26 Å². The van der Waals surface area contributed by atoms with Crippen LogP contribution < -0.4 is 4.31 Å². The van der Waals surface area contributed by atoms with Crippen molar-refractivity contribution in [1.29, 1.82) is 0 Å². The quantitative estimate of drug-likeness (QED) is 0.613. The number of hydrogen-bond donors (Lipinski definition) is 0. The van der Waals surface area contributed by atoms with Crippen molar-refractivity contribution in [3.63, 3.8) is 0 Å². The van der Waals surface area contributed by atoms with Gasteiger partial charge in [0.15, 0.2) is 0 Å². The Balaban J connectivity index is 2.47. The minimum Gasteiger partial charge on any atom is -0.273 e. The normalized spacial score (nSPS) is 15.1. The van der Waals surface area contributed by atoms with E-state index in [1.165, 1.54) is 11.9 Å². The van der Waals surface area contributed by atoms with Gasteiger partial charge in [0.25, 0.3) is 0 Å².